The molecule has 1 saturated carbocycles. The minimum Gasteiger partial charge on any atom is -0.478 e. The first-order chi connectivity index (χ1) is 8.79. The summed E-state index contributed by atoms with van der Waals surface area (Å²) in [6, 6.07) is 3.32. The first-order valence-corrected chi connectivity index (χ1v) is 6.00. The number of carbonyl (C=O) groups is 1. The van der Waals surface area contributed by atoms with Crippen LogP contribution in [0.2, 0.25) is 0 Å². The lowest BCUT2D eigenvalue weighted by molar-refractivity contribution is -0.138. The molecule has 19 heavy (non-hydrogen) atoms. The summed E-state index contributed by atoms with van der Waals surface area (Å²) in [5.74, 6) is -1.08. The maximum Gasteiger partial charge on any atom is 0.417 e. The van der Waals surface area contributed by atoms with Crippen LogP contribution in [-0.2, 0) is 6.18 Å². The fourth-order valence-corrected chi connectivity index (χ4v) is 2.03. The second-order valence-electron chi connectivity index (χ2n) is 4.83. The van der Waals surface area contributed by atoms with E-state index in [0.29, 0.717) is 11.6 Å². The van der Waals surface area contributed by atoms with Crippen molar-refractivity contribution >= 4 is 11.7 Å². The number of nitrogens with one attached hydrogen (secondary N) is 1. The van der Waals surface area contributed by atoms with Crippen molar-refractivity contribution in [1.82, 2.24) is 0 Å². The Balaban J connectivity index is 2.29. The van der Waals surface area contributed by atoms with Crippen molar-refractivity contribution in [1.29, 1.82) is 0 Å². The molecule has 0 heterocycles. The highest BCUT2D eigenvalue weighted by molar-refractivity contribution is 5.90. The SMILES string of the molecule is CC(Nc1ccc(C(=O)O)c(C(F)(F)F)c1)C1CC1. The van der Waals surface area contributed by atoms with Gasteiger partial charge in [-0.25, -0.2) is 4.79 Å². The van der Waals surface area contributed by atoms with Crippen molar-refractivity contribution in [3.63, 3.8) is 0 Å². The average Bonchev–Trinajstić information content (AvgIpc) is 3.11. The molecule has 0 aliphatic heterocycles. The lowest BCUT2D eigenvalue weighted by atomic mass is 10.1. The van der Waals surface area contributed by atoms with Gasteiger partial charge in [0.15, 0.2) is 0 Å². The van der Waals surface area contributed by atoms with Crippen molar-refractivity contribution < 1.29 is 23.1 Å². The fourth-order valence-electron chi connectivity index (χ4n) is 2.03. The van der Waals surface area contributed by atoms with Gasteiger partial charge in [0.25, 0.3) is 0 Å². The standard InChI is InChI=1S/C13H14F3NO2/c1-7(8-2-3-8)17-9-4-5-10(12(18)19)11(6-9)13(14,15)16/h4-8,17H,2-3H2,1H3,(H,18,19). The normalized spacial score (nSPS) is 17.1. The van der Waals surface area contributed by atoms with Gasteiger partial charge in [-0.05, 0) is 43.9 Å². The molecule has 1 unspecified atom stereocenters. The maximum absolute atomic E-state index is 12.8. The van der Waals surface area contributed by atoms with E-state index in [9.17, 15) is 18.0 Å². The van der Waals surface area contributed by atoms with Crippen LogP contribution in [0.25, 0.3) is 0 Å². The fraction of sp³-hybridized carbons (Fsp3) is 0.462. The number of aromatic carboxylic acids is 1. The quantitative estimate of drug-likeness (QED) is 0.881. The molecule has 0 amide bonds. The van der Waals surface area contributed by atoms with E-state index >= 15 is 0 Å². The van der Waals surface area contributed by atoms with E-state index in [1.54, 1.807) is 0 Å². The van der Waals surface area contributed by atoms with Crippen molar-refractivity contribution in [3.05, 3.63) is 29.3 Å². The number of halogens is 3. The third-order valence-electron chi connectivity index (χ3n) is 3.28. The molecule has 104 valence electrons. The molecule has 1 aliphatic carbocycles. The molecule has 1 fully saturated rings. The van der Waals surface area contributed by atoms with E-state index < -0.39 is 23.3 Å². The summed E-state index contributed by atoms with van der Waals surface area (Å²) >= 11 is 0. The van der Waals surface area contributed by atoms with Crippen LogP contribution in [-0.4, -0.2) is 17.1 Å². The zero-order valence-electron chi connectivity index (χ0n) is 10.3. The van der Waals surface area contributed by atoms with Crippen LogP contribution in [0, 0.1) is 5.92 Å². The van der Waals surface area contributed by atoms with Gasteiger partial charge in [-0.3, -0.25) is 0 Å². The Morgan fingerprint density at radius 3 is 2.53 bits per heavy atom. The topological polar surface area (TPSA) is 49.3 Å². The Kier molecular flexibility index (Phi) is 3.43. The third kappa shape index (κ3) is 3.19. The molecule has 2 N–H and O–H groups in total. The van der Waals surface area contributed by atoms with Gasteiger partial charge in [-0.15, -0.1) is 0 Å². The van der Waals surface area contributed by atoms with Crippen molar-refractivity contribution in [3.8, 4) is 0 Å². The molecule has 2 rings (SSSR count). The molecule has 0 radical (unpaired) electrons. The van der Waals surface area contributed by atoms with Crippen molar-refractivity contribution in [2.45, 2.75) is 32.0 Å². The lowest BCUT2D eigenvalue weighted by Crippen LogP contribution is -2.19. The van der Waals surface area contributed by atoms with Crippen LogP contribution >= 0.6 is 0 Å². The second-order valence-corrected chi connectivity index (χ2v) is 4.83. The van der Waals surface area contributed by atoms with E-state index in [1.807, 2.05) is 6.92 Å². The van der Waals surface area contributed by atoms with Gasteiger partial charge in [0.05, 0.1) is 11.1 Å². The smallest absolute Gasteiger partial charge is 0.417 e. The molecule has 0 aromatic heterocycles. The molecule has 1 aromatic carbocycles. The Bertz CT molecular complexity index is 495. The molecule has 3 nitrogen and oxygen atoms in total. The Morgan fingerprint density at radius 1 is 1.42 bits per heavy atom. The van der Waals surface area contributed by atoms with Gasteiger partial charge in [0.2, 0.25) is 0 Å². The molecule has 0 spiro atoms. The summed E-state index contributed by atoms with van der Waals surface area (Å²) in [4.78, 5) is 10.8. The minimum atomic E-state index is -4.67. The minimum absolute atomic E-state index is 0.0942. The number of hydrogen-bond acceptors (Lipinski definition) is 2. The summed E-state index contributed by atoms with van der Waals surface area (Å²) in [6.45, 7) is 1.91. The predicted molar refractivity (Wildman–Crippen MR) is 64.2 cm³/mol. The number of hydrogen-bond donors (Lipinski definition) is 2. The van der Waals surface area contributed by atoms with Gasteiger partial charge in [0, 0.05) is 11.7 Å². The first-order valence-electron chi connectivity index (χ1n) is 6.00. The first kappa shape index (κ1) is 13.7. The Labute approximate surface area is 108 Å². The van der Waals surface area contributed by atoms with E-state index in [0.717, 1.165) is 25.0 Å². The van der Waals surface area contributed by atoms with Gasteiger partial charge >= 0.3 is 12.1 Å². The number of rotatable bonds is 4. The van der Waals surface area contributed by atoms with Gasteiger partial charge < -0.3 is 10.4 Å². The second kappa shape index (κ2) is 4.75. The van der Waals surface area contributed by atoms with Gasteiger partial charge in [-0.2, -0.15) is 13.2 Å². The van der Waals surface area contributed by atoms with Crippen LogP contribution in [0.1, 0.15) is 35.7 Å². The van der Waals surface area contributed by atoms with Crippen LogP contribution in [0.15, 0.2) is 18.2 Å². The Morgan fingerprint density at radius 2 is 2.05 bits per heavy atom. The molecule has 1 aromatic rings. The highest BCUT2D eigenvalue weighted by Crippen LogP contribution is 2.36. The average molecular weight is 273 g/mol. The van der Waals surface area contributed by atoms with Crippen LogP contribution in [0.4, 0.5) is 18.9 Å². The van der Waals surface area contributed by atoms with Crippen LogP contribution < -0.4 is 5.32 Å². The lowest BCUT2D eigenvalue weighted by Gasteiger charge is -2.17. The van der Waals surface area contributed by atoms with Crippen molar-refractivity contribution in [2.75, 3.05) is 5.32 Å². The van der Waals surface area contributed by atoms with E-state index in [-0.39, 0.29) is 6.04 Å². The van der Waals surface area contributed by atoms with E-state index in [4.69, 9.17) is 5.11 Å². The molecule has 1 atom stereocenters. The molecule has 1 aliphatic rings. The molecule has 0 bridgehead atoms. The van der Waals surface area contributed by atoms with Gasteiger partial charge in [0.1, 0.15) is 0 Å². The molecule has 6 heteroatoms. The summed E-state index contributed by atoms with van der Waals surface area (Å²) < 4.78 is 38.4. The summed E-state index contributed by atoms with van der Waals surface area (Å²) in [5, 5.41) is 11.8. The van der Waals surface area contributed by atoms with Crippen LogP contribution in [0.5, 0.6) is 0 Å². The number of alkyl halides is 3. The van der Waals surface area contributed by atoms with Crippen LogP contribution in [0.3, 0.4) is 0 Å². The number of benzene rings is 1. The monoisotopic (exact) mass is 273 g/mol. The number of anilines is 1. The third-order valence-corrected chi connectivity index (χ3v) is 3.28. The molecule has 0 saturated heterocycles. The molecular formula is C13H14F3NO2. The van der Waals surface area contributed by atoms with Gasteiger partial charge in [-0.1, -0.05) is 0 Å². The maximum atomic E-state index is 12.8. The zero-order chi connectivity index (χ0) is 14.2. The summed E-state index contributed by atoms with van der Waals surface area (Å²) in [6.07, 6.45) is -2.52. The van der Waals surface area contributed by atoms with Crippen molar-refractivity contribution in [2.24, 2.45) is 5.92 Å². The summed E-state index contributed by atoms with van der Waals surface area (Å²) in [5.41, 5.74) is -1.54. The zero-order valence-corrected chi connectivity index (χ0v) is 10.3. The largest absolute Gasteiger partial charge is 0.478 e. The van der Waals surface area contributed by atoms with E-state index in [2.05, 4.69) is 5.32 Å². The number of carboxylic acid groups (broad SMARTS) is 1. The Hall–Kier alpha value is -1.72. The highest BCUT2D eigenvalue weighted by atomic mass is 19.4. The predicted octanol–water partition coefficient (Wildman–Crippen LogP) is 3.61. The van der Waals surface area contributed by atoms with E-state index in [1.165, 1.54) is 6.07 Å². The molecular weight excluding hydrogens is 259 g/mol. The highest BCUT2D eigenvalue weighted by Gasteiger charge is 2.36. The number of carboxylic acids is 1. The summed E-state index contributed by atoms with van der Waals surface area (Å²) in [7, 11) is 0.